The van der Waals surface area contributed by atoms with Gasteiger partial charge in [-0.05, 0) is 37.5 Å². The summed E-state index contributed by atoms with van der Waals surface area (Å²) in [5, 5.41) is 3.29. The van der Waals surface area contributed by atoms with Crippen LogP contribution in [-0.4, -0.2) is 50.8 Å². The minimum atomic E-state index is -2.80. The summed E-state index contributed by atoms with van der Waals surface area (Å²) < 4.78 is 34.1. The standard InChI is InChI=1S/C19H27F2N3O2/c1-3-22-19(23-11-8-15-9-12-25-13-10-15)24(2)14-16-4-6-17(7-5-16)26-18(20)21/h4-7,9,18H,3,8,10-14H2,1-2H3,(H,22,23). The molecule has 1 aliphatic heterocycles. The van der Waals surface area contributed by atoms with Gasteiger partial charge in [0.25, 0.3) is 0 Å². The zero-order valence-electron chi connectivity index (χ0n) is 15.4. The van der Waals surface area contributed by atoms with Gasteiger partial charge in [0.2, 0.25) is 0 Å². The van der Waals surface area contributed by atoms with Crippen LogP contribution < -0.4 is 10.1 Å². The minimum absolute atomic E-state index is 0.164. The van der Waals surface area contributed by atoms with Crippen molar-refractivity contribution in [2.75, 3.05) is 33.4 Å². The molecule has 0 aliphatic carbocycles. The number of nitrogens with zero attached hydrogens (tertiary/aromatic N) is 2. The second kappa shape index (κ2) is 10.8. The number of rotatable bonds is 8. The van der Waals surface area contributed by atoms with Gasteiger partial charge in [0.1, 0.15) is 5.75 Å². The van der Waals surface area contributed by atoms with E-state index >= 15 is 0 Å². The van der Waals surface area contributed by atoms with Gasteiger partial charge in [-0.3, -0.25) is 4.99 Å². The van der Waals surface area contributed by atoms with Gasteiger partial charge in [0.15, 0.2) is 5.96 Å². The van der Waals surface area contributed by atoms with Crippen molar-refractivity contribution in [3.8, 4) is 5.75 Å². The van der Waals surface area contributed by atoms with Crippen LogP contribution in [0.15, 0.2) is 40.9 Å². The molecule has 7 heteroatoms. The summed E-state index contributed by atoms with van der Waals surface area (Å²) in [6, 6.07) is 6.67. The third-order valence-corrected chi connectivity index (χ3v) is 4.02. The van der Waals surface area contributed by atoms with Crippen LogP contribution in [0.1, 0.15) is 25.3 Å². The fourth-order valence-electron chi connectivity index (χ4n) is 2.69. The molecule has 0 saturated carbocycles. The van der Waals surface area contributed by atoms with Crippen LogP contribution in [0, 0.1) is 0 Å². The zero-order chi connectivity index (χ0) is 18.8. The fraction of sp³-hybridized carbons (Fsp3) is 0.526. The van der Waals surface area contributed by atoms with Crippen molar-refractivity contribution in [3.05, 3.63) is 41.5 Å². The van der Waals surface area contributed by atoms with Gasteiger partial charge in [0.05, 0.1) is 13.2 Å². The van der Waals surface area contributed by atoms with E-state index in [2.05, 4.69) is 21.1 Å². The van der Waals surface area contributed by atoms with Crippen LogP contribution in [0.2, 0.25) is 0 Å². The summed E-state index contributed by atoms with van der Waals surface area (Å²) >= 11 is 0. The molecule has 26 heavy (non-hydrogen) atoms. The average Bonchev–Trinajstić information content (AvgIpc) is 2.63. The number of hydrogen-bond donors (Lipinski definition) is 1. The Bertz CT molecular complexity index is 603. The van der Waals surface area contributed by atoms with E-state index in [1.165, 1.54) is 5.57 Å². The summed E-state index contributed by atoms with van der Waals surface area (Å²) in [7, 11) is 1.96. The summed E-state index contributed by atoms with van der Waals surface area (Å²) in [6.45, 7) is 2.84. The predicted molar refractivity (Wildman–Crippen MR) is 98.7 cm³/mol. The lowest BCUT2D eigenvalue weighted by atomic mass is 10.1. The molecule has 0 atom stereocenters. The molecule has 0 saturated heterocycles. The molecule has 1 N–H and O–H groups in total. The van der Waals surface area contributed by atoms with Crippen LogP contribution in [0.5, 0.6) is 5.75 Å². The first-order valence-corrected chi connectivity index (χ1v) is 8.87. The maximum Gasteiger partial charge on any atom is 0.387 e. The molecule has 5 nitrogen and oxygen atoms in total. The van der Waals surface area contributed by atoms with E-state index in [9.17, 15) is 8.78 Å². The Morgan fingerprint density at radius 1 is 1.35 bits per heavy atom. The Morgan fingerprint density at radius 3 is 2.73 bits per heavy atom. The van der Waals surface area contributed by atoms with E-state index in [0.717, 1.165) is 44.1 Å². The highest BCUT2D eigenvalue weighted by Crippen LogP contribution is 2.16. The van der Waals surface area contributed by atoms with Crippen molar-refractivity contribution >= 4 is 5.96 Å². The van der Waals surface area contributed by atoms with Gasteiger partial charge in [-0.25, -0.2) is 0 Å². The summed E-state index contributed by atoms with van der Waals surface area (Å²) in [5.74, 6) is 0.991. The van der Waals surface area contributed by atoms with Crippen LogP contribution >= 0.6 is 0 Å². The topological polar surface area (TPSA) is 46.1 Å². The van der Waals surface area contributed by atoms with Gasteiger partial charge < -0.3 is 19.7 Å². The number of ether oxygens (including phenoxy) is 2. The Morgan fingerprint density at radius 2 is 2.12 bits per heavy atom. The number of aliphatic imine (C=N–C) groups is 1. The first-order chi connectivity index (χ1) is 12.6. The van der Waals surface area contributed by atoms with Crippen molar-refractivity contribution in [2.45, 2.75) is 32.9 Å². The van der Waals surface area contributed by atoms with E-state index in [0.29, 0.717) is 13.2 Å². The van der Waals surface area contributed by atoms with Gasteiger partial charge in [-0.15, -0.1) is 0 Å². The molecule has 2 rings (SSSR count). The van der Waals surface area contributed by atoms with Crippen molar-refractivity contribution in [1.29, 1.82) is 0 Å². The van der Waals surface area contributed by atoms with Crippen molar-refractivity contribution < 1.29 is 18.3 Å². The third-order valence-electron chi connectivity index (χ3n) is 4.02. The van der Waals surface area contributed by atoms with E-state index in [-0.39, 0.29) is 5.75 Å². The lowest BCUT2D eigenvalue weighted by Gasteiger charge is -2.22. The second-order valence-corrected chi connectivity index (χ2v) is 6.05. The number of hydrogen-bond acceptors (Lipinski definition) is 3. The molecule has 0 aromatic heterocycles. The first kappa shape index (κ1) is 20.2. The highest BCUT2D eigenvalue weighted by atomic mass is 19.3. The van der Waals surface area contributed by atoms with E-state index < -0.39 is 6.61 Å². The SMILES string of the molecule is CCNC(=NCCC1=CCOCC1)N(C)Cc1ccc(OC(F)F)cc1. The quantitative estimate of drug-likeness (QED) is 0.434. The van der Waals surface area contributed by atoms with Crippen LogP contribution in [0.3, 0.4) is 0 Å². The first-order valence-electron chi connectivity index (χ1n) is 8.87. The number of nitrogens with one attached hydrogen (secondary N) is 1. The summed E-state index contributed by atoms with van der Waals surface area (Å²) in [4.78, 5) is 6.71. The molecule has 0 radical (unpaired) electrons. The van der Waals surface area contributed by atoms with Crippen LogP contribution in [-0.2, 0) is 11.3 Å². The Kier molecular flexibility index (Phi) is 8.34. The average molecular weight is 367 g/mol. The van der Waals surface area contributed by atoms with Crippen molar-refractivity contribution in [3.63, 3.8) is 0 Å². The number of guanidine groups is 1. The third kappa shape index (κ3) is 7.00. The molecule has 1 heterocycles. The Balaban J connectivity index is 1.90. The molecule has 0 unspecified atom stereocenters. The normalized spacial score (nSPS) is 15.0. The second-order valence-electron chi connectivity index (χ2n) is 6.05. The Labute approximate surface area is 153 Å². The van der Waals surface area contributed by atoms with Gasteiger partial charge >= 0.3 is 6.61 Å². The number of halogens is 2. The molecule has 0 bridgehead atoms. The molecule has 0 amide bonds. The maximum absolute atomic E-state index is 12.2. The fourth-order valence-corrected chi connectivity index (χ4v) is 2.69. The van der Waals surface area contributed by atoms with E-state index in [4.69, 9.17) is 4.74 Å². The lowest BCUT2D eigenvalue weighted by molar-refractivity contribution is -0.0498. The number of benzene rings is 1. The predicted octanol–water partition coefficient (Wildman–Crippen LogP) is 3.42. The van der Waals surface area contributed by atoms with Gasteiger partial charge in [0, 0.05) is 26.7 Å². The smallest absolute Gasteiger partial charge is 0.387 e. The molecule has 0 fully saturated rings. The summed E-state index contributed by atoms with van der Waals surface area (Å²) in [6.07, 6.45) is 4.05. The molecule has 1 aromatic rings. The van der Waals surface area contributed by atoms with Crippen molar-refractivity contribution in [2.24, 2.45) is 4.99 Å². The summed E-state index contributed by atoms with van der Waals surface area (Å²) in [5.41, 5.74) is 2.39. The molecule has 144 valence electrons. The zero-order valence-corrected chi connectivity index (χ0v) is 15.4. The molecule has 1 aliphatic rings. The monoisotopic (exact) mass is 367 g/mol. The van der Waals surface area contributed by atoms with Gasteiger partial charge in [-0.2, -0.15) is 8.78 Å². The van der Waals surface area contributed by atoms with Crippen LogP contribution in [0.4, 0.5) is 8.78 Å². The van der Waals surface area contributed by atoms with E-state index in [1.807, 2.05) is 18.9 Å². The Hall–Kier alpha value is -2.15. The van der Waals surface area contributed by atoms with Gasteiger partial charge in [-0.1, -0.05) is 23.8 Å². The minimum Gasteiger partial charge on any atom is -0.435 e. The highest BCUT2D eigenvalue weighted by molar-refractivity contribution is 5.79. The molecular formula is C19H27F2N3O2. The molecule has 1 aromatic carbocycles. The lowest BCUT2D eigenvalue weighted by Crippen LogP contribution is -2.38. The number of alkyl halides is 2. The van der Waals surface area contributed by atoms with E-state index in [1.54, 1.807) is 24.3 Å². The van der Waals surface area contributed by atoms with Crippen LogP contribution in [0.25, 0.3) is 0 Å². The molecule has 0 spiro atoms. The largest absolute Gasteiger partial charge is 0.435 e. The molecular weight excluding hydrogens is 340 g/mol. The highest BCUT2D eigenvalue weighted by Gasteiger charge is 2.09. The van der Waals surface area contributed by atoms with Crippen molar-refractivity contribution in [1.82, 2.24) is 10.2 Å². The maximum atomic E-state index is 12.2.